The third-order valence-corrected chi connectivity index (χ3v) is 3.30. The van der Waals surface area contributed by atoms with Crippen LogP contribution in [0.4, 0.5) is 0 Å². The Bertz CT molecular complexity index is 603. The molecule has 21 heavy (non-hydrogen) atoms. The van der Waals surface area contributed by atoms with E-state index in [0.29, 0.717) is 0 Å². The van der Waals surface area contributed by atoms with Gasteiger partial charge in [0, 0.05) is 12.8 Å². The van der Waals surface area contributed by atoms with E-state index in [4.69, 9.17) is 9.47 Å². The molecule has 110 valence electrons. The summed E-state index contributed by atoms with van der Waals surface area (Å²) in [4.78, 5) is 4.47. The largest absolute Gasteiger partial charge is 0.493 e. The molecule has 0 N–H and O–H groups in total. The van der Waals surface area contributed by atoms with E-state index in [2.05, 4.69) is 36.2 Å². The monoisotopic (exact) mass is 283 g/mol. The highest BCUT2D eigenvalue weighted by Gasteiger charge is 2.02. The zero-order valence-corrected chi connectivity index (χ0v) is 12.8. The van der Waals surface area contributed by atoms with E-state index in [0.717, 1.165) is 30.0 Å². The van der Waals surface area contributed by atoms with Crippen LogP contribution < -0.4 is 9.47 Å². The van der Waals surface area contributed by atoms with Crippen LogP contribution in [0.25, 0.3) is 0 Å². The van der Waals surface area contributed by atoms with Gasteiger partial charge in [-0.15, -0.1) is 0 Å². The summed E-state index contributed by atoms with van der Waals surface area (Å²) in [5, 5.41) is 0. The topological polar surface area (TPSA) is 30.8 Å². The van der Waals surface area contributed by atoms with Gasteiger partial charge in [0.1, 0.15) is 0 Å². The lowest BCUT2D eigenvalue weighted by molar-refractivity contribution is 0.355. The lowest BCUT2D eigenvalue weighted by Crippen LogP contribution is -1.93. The smallest absolute Gasteiger partial charge is 0.161 e. The average molecular weight is 283 g/mol. The number of nitrogens with zero attached hydrogens (tertiary/aromatic N) is 1. The van der Waals surface area contributed by atoms with Crippen LogP contribution in [0.5, 0.6) is 11.5 Å². The van der Waals surface area contributed by atoms with Crippen LogP contribution in [0.1, 0.15) is 16.7 Å². The molecule has 0 aromatic heterocycles. The fourth-order valence-electron chi connectivity index (χ4n) is 2.05. The van der Waals surface area contributed by atoms with Crippen molar-refractivity contribution in [3.63, 3.8) is 0 Å². The molecule has 3 nitrogen and oxygen atoms in total. The Kier molecular flexibility index (Phi) is 5.38. The lowest BCUT2D eigenvalue weighted by Gasteiger charge is -2.07. The van der Waals surface area contributed by atoms with Gasteiger partial charge in [-0.2, -0.15) is 0 Å². The molecule has 0 aliphatic carbocycles. The van der Waals surface area contributed by atoms with Crippen molar-refractivity contribution in [2.24, 2.45) is 4.99 Å². The van der Waals surface area contributed by atoms with Crippen LogP contribution in [0.2, 0.25) is 0 Å². The lowest BCUT2D eigenvalue weighted by atomic mass is 10.1. The molecule has 3 heteroatoms. The molecule has 0 saturated carbocycles. The number of rotatable bonds is 6. The Morgan fingerprint density at radius 2 is 1.67 bits per heavy atom. The predicted octanol–water partition coefficient (Wildman–Crippen LogP) is 3.67. The normalized spacial score (nSPS) is 10.8. The van der Waals surface area contributed by atoms with E-state index in [1.54, 1.807) is 14.2 Å². The summed E-state index contributed by atoms with van der Waals surface area (Å²) in [5.74, 6) is 1.45. The van der Waals surface area contributed by atoms with Gasteiger partial charge in [0.2, 0.25) is 0 Å². The van der Waals surface area contributed by atoms with Gasteiger partial charge in [-0.05, 0) is 42.7 Å². The molecule has 0 aliphatic rings. The number of aryl methyl sites for hydroxylation is 1. The van der Waals surface area contributed by atoms with Crippen molar-refractivity contribution in [2.75, 3.05) is 20.8 Å². The Labute approximate surface area is 126 Å². The third-order valence-electron chi connectivity index (χ3n) is 3.30. The minimum atomic E-state index is 0.722. The zero-order valence-electron chi connectivity index (χ0n) is 12.8. The SMILES string of the molecule is COc1ccc(C=NCCc2ccc(C)cc2)cc1OC. The fraction of sp³-hybridized carbons (Fsp3) is 0.278. The number of hydrogen-bond acceptors (Lipinski definition) is 3. The maximum atomic E-state index is 5.28. The van der Waals surface area contributed by atoms with Gasteiger partial charge in [-0.3, -0.25) is 4.99 Å². The molecule has 0 saturated heterocycles. The molecular weight excluding hydrogens is 262 g/mol. The van der Waals surface area contributed by atoms with Crippen molar-refractivity contribution in [1.82, 2.24) is 0 Å². The van der Waals surface area contributed by atoms with E-state index in [1.165, 1.54) is 11.1 Å². The van der Waals surface area contributed by atoms with Gasteiger partial charge >= 0.3 is 0 Å². The summed E-state index contributed by atoms with van der Waals surface area (Å²) in [6.07, 6.45) is 2.82. The number of methoxy groups -OCH3 is 2. The van der Waals surface area contributed by atoms with Gasteiger partial charge in [0.15, 0.2) is 11.5 Å². The molecule has 0 amide bonds. The number of aliphatic imine (C=N–C) groups is 1. The van der Waals surface area contributed by atoms with E-state index in [9.17, 15) is 0 Å². The molecule has 0 radical (unpaired) electrons. The average Bonchev–Trinajstić information content (AvgIpc) is 2.53. The number of hydrogen-bond donors (Lipinski definition) is 0. The van der Waals surface area contributed by atoms with Gasteiger partial charge in [-0.1, -0.05) is 29.8 Å². The second kappa shape index (κ2) is 7.48. The molecule has 0 unspecified atom stereocenters. The first kappa shape index (κ1) is 15.1. The molecule has 0 atom stereocenters. The predicted molar refractivity (Wildman–Crippen MR) is 86.9 cm³/mol. The number of ether oxygens (including phenoxy) is 2. The van der Waals surface area contributed by atoms with Gasteiger partial charge in [-0.25, -0.2) is 0 Å². The standard InChI is InChI=1S/C18H21NO2/c1-14-4-6-15(7-5-14)10-11-19-13-16-8-9-17(20-2)18(12-16)21-3/h4-9,12-13H,10-11H2,1-3H3. The first-order valence-electron chi connectivity index (χ1n) is 7.00. The Morgan fingerprint density at radius 3 is 2.33 bits per heavy atom. The maximum Gasteiger partial charge on any atom is 0.161 e. The maximum absolute atomic E-state index is 5.28. The quantitative estimate of drug-likeness (QED) is 0.757. The van der Waals surface area contributed by atoms with Gasteiger partial charge in [0.05, 0.1) is 14.2 Å². The van der Waals surface area contributed by atoms with Crippen molar-refractivity contribution in [1.29, 1.82) is 0 Å². The molecule has 0 bridgehead atoms. The number of benzene rings is 2. The summed E-state index contributed by atoms with van der Waals surface area (Å²) >= 11 is 0. The Hall–Kier alpha value is -2.29. The molecule has 2 aromatic rings. The highest BCUT2D eigenvalue weighted by atomic mass is 16.5. The summed E-state index contributed by atoms with van der Waals surface area (Å²) < 4.78 is 10.5. The van der Waals surface area contributed by atoms with Crippen LogP contribution >= 0.6 is 0 Å². The summed E-state index contributed by atoms with van der Waals surface area (Å²) in [7, 11) is 3.27. The molecular formula is C18H21NO2. The Balaban J connectivity index is 1.93. The van der Waals surface area contributed by atoms with Gasteiger partial charge in [0.25, 0.3) is 0 Å². The van der Waals surface area contributed by atoms with Crippen LogP contribution in [0, 0.1) is 6.92 Å². The summed E-state index contributed by atoms with van der Waals surface area (Å²) in [6, 6.07) is 14.4. The van der Waals surface area contributed by atoms with Crippen molar-refractivity contribution in [3.8, 4) is 11.5 Å². The molecule has 0 aliphatic heterocycles. The summed E-state index contributed by atoms with van der Waals surface area (Å²) in [5.41, 5.74) is 3.61. The minimum absolute atomic E-state index is 0.722. The minimum Gasteiger partial charge on any atom is -0.493 e. The second-order valence-electron chi connectivity index (χ2n) is 4.89. The second-order valence-corrected chi connectivity index (χ2v) is 4.89. The fourth-order valence-corrected chi connectivity index (χ4v) is 2.05. The van der Waals surface area contributed by atoms with Gasteiger partial charge < -0.3 is 9.47 Å². The van der Waals surface area contributed by atoms with Crippen molar-refractivity contribution in [2.45, 2.75) is 13.3 Å². The van der Waals surface area contributed by atoms with Crippen LogP contribution in [-0.4, -0.2) is 27.0 Å². The van der Waals surface area contributed by atoms with E-state index < -0.39 is 0 Å². The molecule has 0 spiro atoms. The van der Waals surface area contributed by atoms with Crippen LogP contribution in [0.15, 0.2) is 47.5 Å². The van der Waals surface area contributed by atoms with E-state index in [1.807, 2.05) is 24.4 Å². The first-order chi connectivity index (χ1) is 10.2. The molecule has 0 heterocycles. The molecule has 2 rings (SSSR count). The molecule has 2 aromatic carbocycles. The molecule has 0 fully saturated rings. The zero-order chi connectivity index (χ0) is 15.1. The van der Waals surface area contributed by atoms with E-state index >= 15 is 0 Å². The highest BCUT2D eigenvalue weighted by molar-refractivity contribution is 5.80. The van der Waals surface area contributed by atoms with E-state index in [-0.39, 0.29) is 0 Å². The van der Waals surface area contributed by atoms with Crippen molar-refractivity contribution >= 4 is 6.21 Å². The van der Waals surface area contributed by atoms with Crippen molar-refractivity contribution < 1.29 is 9.47 Å². The summed E-state index contributed by atoms with van der Waals surface area (Å²) in [6.45, 7) is 2.87. The van der Waals surface area contributed by atoms with Crippen LogP contribution in [0.3, 0.4) is 0 Å². The van der Waals surface area contributed by atoms with Crippen LogP contribution in [-0.2, 0) is 6.42 Å². The third kappa shape index (κ3) is 4.35. The van der Waals surface area contributed by atoms with Crippen molar-refractivity contribution in [3.05, 3.63) is 59.2 Å². The first-order valence-corrected chi connectivity index (χ1v) is 7.00. The Morgan fingerprint density at radius 1 is 0.952 bits per heavy atom. The highest BCUT2D eigenvalue weighted by Crippen LogP contribution is 2.26.